The number of aryl methyl sites for hydroxylation is 1. The van der Waals surface area contributed by atoms with Crippen LogP contribution in [-0.2, 0) is 6.42 Å². The Morgan fingerprint density at radius 3 is 2.75 bits per heavy atom. The highest BCUT2D eigenvalue weighted by Crippen LogP contribution is 2.33. The number of carbonyl (C=O) groups is 1. The number of hydrogen-bond acceptors (Lipinski definition) is 4. The summed E-state index contributed by atoms with van der Waals surface area (Å²) in [4.78, 5) is 25.4. The van der Waals surface area contributed by atoms with Crippen LogP contribution in [0.25, 0.3) is 0 Å². The summed E-state index contributed by atoms with van der Waals surface area (Å²) in [6, 6.07) is 12.1. The number of nitrogens with zero attached hydrogens (tertiary/aromatic N) is 2. The SMILES string of the molecule is COc1ccc(C(=O)N2c3ccccc3CC[C@@H]2C)cc1[N+](=O)[O-]. The third-order valence-corrected chi connectivity index (χ3v) is 4.36. The summed E-state index contributed by atoms with van der Waals surface area (Å²) in [5, 5.41) is 11.2. The molecule has 3 rings (SSSR count). The van der Waals surface area contributed by atoms with Crippen LogP contribution in [0.3, 0.4) is 0 Å². The van der Waals surface area contributed by atoms with E-state index in [1.54, 1.807) is 11.0 Å². The minimum atomic E-state index is -0.539. The lowest BCUT2D eigenvalue weighted by Gasteiger charge is -2.35. The van der Waals surface area contributed by atoms with Gasteiger partial charge < -0.3 is 9.64 Å². The summed E-state index contributed by atoms with van der Waals surface area (Å²) in [7, 11) is 1.37. The van der Waals surface area contributed by atoms with Crippen LogP contribution in [0, 0.1) is 10.1 Å². The summed E-state index contributed by atoms with van der Waals surface area (Å²) in [5.74, 6) is -0.0935. The highest BCUT2D eigenvalue weighted by molar-refractivity contribution is 6.07. The fourth-order valence-corrected chi connectivity index (χ4v) is 3.10. The zero-order chi connectivity index (χ0) is 17.3. The molecule has 0 aliphatic carbocycles. The molecule has 2 aromatic rings. The van der Waals surface area contributed by atoms with Crippen LogP contribution in [0.2, 0.25) is 0 Å². The number of anilines is 1. The van der Waals surface area contributed by atoms with Crippen LogP contribution in [0.4, 0.5) is 11.4 Å². The number of ether oxygens (including phenoxy) is 1. The van der Waals surface area contributed by atoms with Crippen molar-refractivity contribution < 1.29 is 14.5 Å². The van der Waals surface area contributed by atoms with Crippen molar-refractivity contribution >= 4 is 17.3 Å². The van der Waals surface area contributed by atoms with Crippen LogP contribution in [0.5, 0.6) is 5.75 Å². The van der Waals surface area contributed by atoms with E-state index >= 15 is 0 Å². The van der Waals surface area contributed by atoms with Gasteiger partial charge in [-0.2, -0.15) is 0 Å². The molecule has 0 aromatic heterocycles. The van der Waals surface area contributed by atoms with Gasteiger partial charge in [-0.15, -0.1) is 0 Å². The first-order chi connectivity index (χ1) is 11.5. The van der Waals surface area contributed by atoms with Gasteiger partial charge in [0.1, 0.15) is 0 Å². The van der Waals surface area contributed by atoms with Crippen molar-refractivity contribution in [3.63, 3.8) is 0 Å². The lowest BCUT2D eigenvalue weighted by Crippen LogP contribution is -2.42. The average molecular weight is 326 g/mol. The lowest BCUT2D eigenvalue weighted by atomic mass is 9.95. The molecule has 1 aliphatic rings. The summed E-state index contributed by atoms with van der Waals surface area (Å²) >= 11 is 0. The molecule has 1 atom stereocenters. The number of benzene rings is 2. The summed E-state index contributed by atoms with van der Waals surface area (Å²) in [5.41, 5.74) is 2.07. The molecule has 0 spiro atoms. The quantitative estimate of drug-likeness (QED) is 0.638. The van der Waals surface area contributed by atoms with Gasteiger partial charge >= 0.3 is 5.69 Å². The third-order valence-electron chi connectivity index (χ3n) is 4.36. The number of hydrogen-bond donors (Lipinski definition) is 0. The van der Waals surface area contributed by atoms with E-state index in [9.17, 15) is 14.9 Å². The van der Waals surface area contributed by atoms with E-state index < -0.39 is 4.92 Å². The predicted molar refractivity (Wildman–Crippen MR) is 90.7 cm³/mol. The molecule has 24 heavy (non-hydrogen) atoms. The van der Waals surface area contributed by atoms with Crippen LogP contribution >= 0.6 is 0 Å². The molecule has 6 heteroatoms. The van der Waals surface area contributed by atoms with Crippen molar-refractivity contribution in [1.29, 1.82) is 0 Å². The van der Waals surface area contributed by atoms with E-state index in [0.29, 0.717) is 0 Å². The molecule has 0 bridgehead atoms. The van der Waals surface area contributed by atoms with E-state index in [-0.39, 0.29) is 28.9 Å². The van der Waals surface area contributed by atoms with Crippen LogP contribution in [0.15, 0.2) is 42.5 Å². The Kier molecular flexibility index (Phi) is 4.20. The number of rotatable bonds is 3. The first-order valence-corrected chi connectivity index (χ1v) is 7.77. The van der Waals surface area contributed by atoms with Crippen molar-refractivity contribution in [2.24, 2.45) is 0 Å². The van der Waals surface area contributed by atoms with E-state index in [2.05, 4.69) is 0 Å². The lowest BCUT2D eigenvalue weighted by molar-refractivity contribution is -0.385. The monoisotopic (exact) mass is 326 g/mol. The van der Waals surface area contributed by atoms with Gasteiger partial charge in [0.05, 0.1) is 12.0 Å². The molecule has 1 aliphatic heterocycles. The fourth-order valence-electron chi connectivity index (χ4n) is 3.10. The first-order valence-electron chi connectivity index (χ1n) is 7.77. The molecule has 0 fully saturated rings. The van der Waals surface area contributed by atoms with Crippen molar-refractivity contribution in [2.75, 3.05) is 12.0 Å². The van der Waals surface area contributed by atoms with Crippen LogP contribution in [-0.4, -0.2) is 24.0 Å². The number of fused-ring (bicyclic) bond motifs is 1. The fraction of sp³-hybridized carbons (Fsp3) is 0.278. The third kappa shape index (κ3) is 2.71. The maximum absolute atomic E-state index is 13.0. The minimum absolute atomic E-state index is 0.0357. The summed E-state index contributed by atoms with van der Waals surface area (Å²) < 4.78 is 5.00. The van der Waals surface area contributed by atoms with E-state index in [0.717, 1.165) is 24.1 Å². The Balaban J connectivity index is 2.03. The molecule has 2 aromatic carbocycles. The first kappa shape index (κ1) is 16.0. The molecule has 1 heterocycles. The van der Waals surface area contributed by atoms with Crippen LogP contribution in [0.1, 0.15) is 29.3 Å². The maximum atomic E-state index is 13.0. The van der Waals surface area contributed by atoms with E-state index in [4.69, 9.17) is 4.74 Å². The van der Waals surface area contributed by atoms with Crippen molar-refractivity contribution in [3.05, 3.63) is 63.7 Å². The Morgan fingerprint density at radius 2 is 2.04 bits per heavy atom. The normalized spacial score (nSPS) is 16.4. The average Bonchev–Trinajstić information content (AvgIpc) is 2.60. The van der Waals surface area contributed by atoms with Gasteiger partial charge in [0.25, 0.3) is 5.91 Å². The number of carbonyl (C=O) groups excluding carboxylic acids is 1. The Bertz CT molecular complexity index is 803. The predicted octanol–water partition coefficient (Wildman–Crippen LogP) is 3.58. The topological polar surface area (TPSA) is 72.7 Å². The molecule has 0 radical (unpaired) electrons. The van der Waals surface area contributed by atoms with Gasteiger partial charge in [-0.25, -0.2) is 0 Å². The second-order valence-electron chi connectivity index (χ2n) is 5.84. The Hall–Kier alpha value is -2.89. The van der Waals surface area contributed by atoms with Gasteiger partial charge in [0.15, 0.2) is 5.75 Å². The minimum Gasteiger partial charge on any atom is -0.490 e. The number of nitro benzene ring substituents is 1. The van der Waals surface area contributed by atoms with Crippen LogP contribution < -0.4 is 9.64 Å². The van der Waals surface area contributed by atoms with Gasteiger partial charge in [0.2, 0.25) is 0 Å². The van der Waals surface area contributed by atoms with Gasteiger partial charge in [-0.05, 0) is 43.5 Å². The summed E-state index contributed by atoms with van der Waals surface area (Å²) in [6.07, 6.45) is 1.78. The number of nitro groups is 1. The molecule has 6 nitrogen and oxygen atoms in total. The van der Waals surface area contributed by atoms with Crippen molar-refractivity contribution in [3.8, 4) is 5.75 Å². The Labute approximate surface area is 139 Å². The highest BCUT2D eigenvalue weighted by Gasteiger charge is 2.30. The molecule has 0 N–H and O–H groups in total. The van der Waals surface area contributed by atoms with Crippen molar-refractivity contribution in [1.82, 2.24) is 0 Å². The highest BCUT2D eigenvalue weighted by atomic mass is 16.6. The molecular formula is C18H18N2O4. The number of amides is 1. The number of para-hydroxylation sites is 1. The molecule has 0 saturated heterocycles. The zero-order valence-electron chi connectivity index (χ0n) is 13.6. The standard InChI is InChI=1S/C18H18N2O4/c1-12-7-8-13-5-3-4-6-15(13)19(12)18(21)14-9-10-17(24-2)16(11-14)20(22)23/h3-6,9-12H,7-8H2,1-2H3/t12-/m0/s1. The maximum Gasteiger partial charge on any atom is 0.311 e. The summed E-state index contributed by atoms with van der Waals surface area (Å²) in [6.45, 7) is 1.99. The largest absolute Gasteiger partial charge is 0.490 e. The van der Waals surface area contributed by atoms with Crippen molar-refractivity contribution in [2.45, 2.75) is 25.8 Å². The van der Waals surface area contributed by atoms with E-state index in [1.165, 1.54) is 19.2 Å². The zero-order valence-corrected chi connectivity index (χ0v) is 13.6. The molecule has 124 valence electrons. The van der Waals surface area contributed by atoms with E-state index in [1.807, 2.05) is 31.2 Å². The molecular weight excluding hydrogens is 308 g/mol. The molecule has 0 saturated carbocycles. The van der Waals surface area contributed by atoms with Gasteiger partial charge in [0, 0.05) is 23.4 Å². The second kappa shape index (κ2) is 6.31. The number of methoxy groups -OCH3 is 1. The Morgan fingerprint density at radius 1 is 1.29 bits per heavy atom. The molecule has 0 unspecified atom stereocenters. The van der Waals surface area contributed by atoms with Gasteiger partial charge in [-0.1, -0.05) is 18.2 Å². The smallest absolute Gasteiger partial charge is 0.311 e. The van der Waals surface area contributed by atoms with Gasteiger partial charge in [-0.3, -0.25) is 14.9 Å². The second-order valence-corrected chi connectivity index (χ2v) is 5.84. The molecule has 1 amide bonds.